The van der Waals surface area contributed by atoms with E-state index < -0.39 is 12.0 Å². The van der Waals surface area contributed by atoms with Gasteiger partial charge >= 0.3 is 5.97 Å². The van der Waals surface area contributed by atoms with E-state index in [0.717, 1.165) is 12.8 Å². The summed E-state index contributed by atoms with van der Waals surface area (Å²) in [6, 6.07) is 6.15. The molecule has 1 heterocycles. The van der Waals surface area contributed by atoms with E-state index in [0.29, 0.717) is 37.5 Å². The summed E-state index contributed by atoms with van der Waals surface area (Å²) in [5.41, 5.74) is 1.29. The molecule has 2 rings (SSSR count). The molecule has 9 nitrogen and oxygen atoms in total. The Morgan fingerprint density at radius 1 is 1.23 bits per heavy atom. The Morgan fingerprint density at radius 3 is 2.73 bits per heavy atom. The number of hydrogen-bond acceptors (Lipinski definition) is 6. The van der Waals surface area contributed by atoms with E-state index in [9.17, 15) is 19.2 Å². The smallest absolute Gasteiger partial charge is 0.308 e. The van der Waals surface area contributed by atoms with Crippen LogP contribution >= 0.6 is 0 Å². The van der Waals surface area contributed by atoms with Crippen LogP contribution in [0.3, 0.4) is 0 Å². The van der Waals surface area contributed by atoms with Crippen LogP contribution in [0.2, 0.25) is 0 Å². The van der Waals surface area contributed by atoms with Gasteiger partial charge in [0.2, 0.25) is 17.7 Å². The molecule has 1 aromatic carbocycles. The fourth-order valence-electron chi connectivity index (χ4n) is 3.00. The highest BCUT2D eigenvalue weighted by molar-refractivity contribution is 5.93. The summed E-state index contributed by atoms with van der Waals surface area (Å²) in [4.78, 5) is 50.0. The van der Waals surface area contributed by atoms with Crippen LogP contribution in [0.1, 0.15) is 39.5 Å². The van der Waals surface area contributed by atoms with Crippen molar-refractivity contribution in [1.82, 2.24) is 10.2 Å². The normalized spacial score (nSPS) is 15.9. The average molecular weight is 418 g/mol. The molecule has 1 aliphatic heterocycles. The molecular formula is C21H30N4O5. The second-order valence-electron chi connectivity index (χ2n) is 7.01. The molecule has 1 atom stereocenters. The quantitative estimate of drug-likeness (QED) is 0.392. The van der Waals surface area contributed by atoms with Gasteiger partial charge in [-0.15, -0.1) is 0 Å². The van der Waals surface area contributed by atoms with Crippen molar-refractivity contribution in [2.75, 3.05) is 36.9 Å². The lowest BCUT2D eigenvalue weighted by atomic mass is 10.1. The Hall–Kier alpha value is -3.10. The van der Waals surface area contributed by atoms with Gasteiger partial charge in [-0.2, -0.15) is 0 Å². The van der Waals surface area contributed by atoms with Crippen molar-refractivity contribution >= 4 is 35.1 Å². The Kier molecular flexibility index (Phi) is 9.11. The van der Waals surface area contributed by atoms with Gasteiger partial charge in [0.15, 0.2) is 0 Å². The lowest BCUT2D eigenvalue weighted by Crippen LogP contribution is -2.58. The summed E-state index contributed by atoms with van der Waals surface area (Å²) in [5, 5.41) is 8.47. The molecular weight excluding hydrogens is 388 g/mol. The van der Waals surface area contributed by atoms with E-state index in [1.165, 1.54) is 4.90 Å². The second kappa shape index (κ2) is 11.8. The van der Waals surface area contributed by atoms with E-state index in [1.54, 1.807) is 31.2 Å². The van der Waals surface area contributed by atoms with Crippen molar-refractivity contribution in [2.24, 2.45) is 0 Å². The van der Waals surface area contributed by atoms with Crippen LogP contribution in [0.5, 0.6) is 0 Å². The number of unbranched alkanes of at least 4 members (excludes halogenated alkanes) is 1. The molecule has 164 valence electrons. The maximum absolute atomic E-state index is 12.7. The number of ether oxygens (including phenoxy) is 1. The molecule has 1 unspecified atom stereocenters. The van der Waals surface area contributed by atoms with Gasteiger partial charge in [0.1, 0.15) is 6.04 Å². The summed E-state index contributed by atoms with van der Waals surface area (Å²) in [7, 11) is 0. The molecule has 0 saturated carbocycles. The molecule has 1 fully saturated rings. The SMILES string of the molecule is CCCCOC(=O)CC1C(=O)NCCN1C(=O)CNc1cccc(NC(=O)CC)c1. The number of carbonyl (C=O) groups excluding carboxylic acids is 4. The molecule has 0 aromatic heterocycles. The fourth-order valence-corrected chi connectivity index (χ4v) is 3.00. The maximum atomic E-state index is 12.7. The minimum Gasteiger partial charge on any atom is -0.466 e. The minimum atomic E-state index is -0.877. The molecule has 3 amide bonds. The first-order valence-electron chi connectivity index (χ1n) is 10.3. The standard InChI is InChI=1S/C21H30N4O5/c1-3-5-11-30-20(28)13-17-21(29)22-9-10-25(17)19(27)14-23-15-7-6-8-16(12-15)24-18(26)4-2/h6-8,12,17,23H,3-5,9-11,13-14H2,1-2H3,(H,22,29)(H,24,26). The highest BCUT2D eigenvalue weighted by atomic mass is 16.5. The number of rotatable bonds is 10. The highest BCUT2D eigenvalue weighted by Crippen LogP contribution is 2.16. The van der Waals surface area contributed by atoms with Crippen LogP contribution in [-0.4, -0.2) is 60.9 Å². The van der Waals surface area contributed by atoms with Crippen molar-refractivity contribution in [1.29, 1.82) is 0 Å². The van der Waals surface area contributed by atoms with Gasteiger partial charge in [0, 0.05) is 30.9 Å². The number of hydrogen-bond donors (Lipinski definition) is 3. The zero-order chi connectivity index (χ0) is 21.9. The number of esters is 1. The van der Waals surface area contributed by atoms with Gasteiger partial charge in [-0.05, 0) is 24.6 Å². The summed E-state index contributed by atoms with van der Waals surface area (Å²) >= 11 is 0. The fraction of sp³-hybridized carbons (Fsp3) is 0.524. The van der Waals surface area contributed by atoms with Crippen molar-refractivity contribution in [3.8, 4) is 0 Å². The topological polar surface area (TPSA) is 117 Å². The lowest BCUT2D eigenvalue weighted by molar-refractivity contribution is -0.151. The monoisotopic (exact) mass is 418 g/mol. The summed E-state index contributed by atoms with van der Waals surface area (Å²) in [6.45, 7) is 4.68. The Bertz CT molecular complexity index is 768. The summed E-state index contributed by atoms with van der Waals surface area (Å²) in [5.74, 6) is -1.24. The van der Waals surface area contributed by atoms with Crippen molar-refractivity contribution < 1.29 is 23.9 Å². The Labute approximate surface area is 176 Å². The number of piperazine rings is 1. The van der Waals surface area contributed by atoms with Crippen LogP contribution in [0.25, 0.3) is 0 Å². The minimum absolute atomic E-state index is 0.0418. The van der Waals surface area contributed by atoms with Crippen molar-refractivity contribution in [3.63, 3.8) is 0 Å². The molecule has 0 bridgehead atoms. The number of amides is 3. The molecule has 1 aromatic rings. The van der Waals surface area contributed by atoms with E-state index in [2.05, 4.69) is 16.0 Å². The van der Waals surface area contributed by atoms with Gasteiger partial charge in [-0.25, -0.2) is 0 Å². The molecule has 1 saturated heterocycles. The van der Waals surface area contributed by atoms with E-state index in [4.69, 9.17) is 4.74 Å². The van der Waals surface area contributed by atoms with Crippen molar-refractivity contribution in [3.05, 3.63) is 24.3 Å². The zero-order valence-electron chi connectivity index (χ0n) is 17.5. The first kappa shape index (κ1) is 23.2. The van der Waals surface area contributed by atoms with E-state index in [1.807, 2.05) is 6.92 Å². The van der Waals surface area contributed by atoms with Crippen LogP contribution in [0.15, 0.2) is 24.3 Å². The highest BCUT2D eigenvalue weighted by Gasteiger charge is 2.34. The van der Waals surface area contributed by atoms with E-state index in [-0.39, 0.29) is 30.7 Å². The lowest BCUT2D eigenvalue weighted by Gasteiger charge is -2.34. The zero-order valence-corrected chi connectivity index (χ0v) is 17.5. The van der Waals surface area contributed by atoms with Gasteiger partial charge in [0.05, 0.1) is 19.6 Å². The third-order valence-electron chi connectivity index (χ3n) is 4.68. The van der Waals surface area contributed by atoms with Gasteiger partial charge < -0.3 is 25.6 Å². The molecule has 30 heavy (non-hydrogen) atoms. The second-order valence-corrected chi connectivity index (χ2v) is 7.01. The van der Waals surface area contributed by atoms with E-state index >= 15 is 0 Å². The average Bonchev–Trinajstić information content (AvgIpc) is 2.74. The first-order chi connectivity index (χ1) is 14.4. The van der Waals surface area contributed by atoms with Gasteiger partial charge in [-0.1, -0.05) is 26.3 Å². The summed E-state index contributed by atoms with van der Waals surface area (Å²) < 4.78 is 5.14. The first-order valence-corrected chi connectivity index (χ1v) is 10.3. The Balaban J connectivity index is 1.95. The number of nitrogens with zero attached hydrogens (tertiary/aromatic N) is 1. The van der Waals surface area contributed by atoms with Crippen LogP contribution in [0, 0.1) is 0 Å². The summed E-state index contributed by atoms with van der Waals surface area (Å²) in [6.07, 6.45) is 1.86. The predicted octanol–water partition coefficient (Wildman–Crippen LogP) is 1.51. The number of benzene rings is 1. The molecule has 0 aliphatic carbocycles. The van der Waals surface area contributed by atoms with Crippen molar-refractivity contribution in [2.45, 2.75) is 45.6 Å². The molecule has 1 aliphatic rings. The Morgan fingerprint density at radius 2 is 2.00 bits per heavy atom. The molecule has 9 heteroatoms. The third-order valence-corrected chi connectivity index (χ3v) is 4.68. The maximum Gasteiger partial charge on any atom is 0.308 e. The number of carbonyl (C=O) groups is 4. The van der Waals surface area contributed by atoms with Crippen LogP contribution in [-0.2, 0) is 23.9 Å². The van der Waals surface area contributed by atoms with Gasteiger partial charge in [0.25, 0.3) is 0 Å². The predicted molar refractivity (Wildman–Crippen MR) is 113 cm³/mol. The largest absolute Gasteiger partial charge is 0.466 e. The molecule has 0 spiro atoms. The number of anilines is 2. The van der Waals surface area contributed by atoms with Crippen LogP contribution in [0.4, 0.5) is 11.4 Å². The number of nitrogens with one attached hydrogen (secondary N) is 3. The molecule has 3 N–H and O–H groups in total. The molecule has 0 radical (unpaired) electrons. The third kappa shape index (κ3) is 7.06. The van der Waals surface area contributed by atoms with Gasteiger partial charge in [-0.3, -0.25) is 19.2 Å². The van der Waals surface area contributed by atoms with Crippen LogP contribution < -0.4 is 16.0 Å².